The SMILES string of the molecule is COc1ccc(Br)cc1CN(C)Cc1nccc(N)n1. The number of nitrogens with zero attached hydrogens (tertiary/aromatic N) is 3. The van der Waals surface area contributed by atoms with Gasteiger partial charge < -0.3 is 10.5 Å². The summed E-state index contributed by atoms with van der Waals surface area (Å²) in [6.07, 6.45) is 1.67. The summed E-state index contributed by atoms with van der Waals surface area (Å²) >= 11 is 3.48. The Morgan fingerprint density at radius 3 is 2.80 bits per heavy atom. The molecule has 0 radical (unpaired) electrons. The molecule has 0 atom stereocenters. The van der Waals surface area contributed by atoms with Crippen LogP contribution in [0.15, 0.2) is 34.9 Å². The predicted octanol–water partition coefficient (Wildman–Crippen LogP) is 2.46. The van der Waals surface area contributed by atoms with Gasteiger partial charge in [0, 0.05) is 22.8 Å². The van der Waals surface area contributed by atoms with Crippen molar-refractivity contribution in [3.05, 3.63) is 46.3 Å². The van der Waals surface area contributed by atoms with Crippen molar-refractivity contribution >= 4 is 21.7 Å². The average Bonchev–Trinajstić information content (AvgIpc) is 2.38. The highest BCUT2D eigenvalue weighted by molar-refractivity contribution is 9.10. The van der Waals surface area contributed by atoms with Crippen molar-refractivity contribution in [2.75, 3.05) is 19.9 Å². The van der Waals surface area contributed by atoms with Crippen molar-refractivity contribution in [1.29, 1.82) is 0 Å². The maximum atomic E-state index is 5.66. The van der Waals surface area contributed by atoms with Crippen LogP contribution in [-0.4, -0.2) is 29.0 Å². The zero-order valence-electron chi connectivity index (χ0n) is 11.5. The van der Waals surface area contributed by atoms with Crippen molar-refractivity contribution in [2.45, 2.75) is 13.1 Å². The maximum absolute atomic E-state index is 5.66. The highest BCUT2D eigenvalue weighted by Crippen LogP contribution is 2.24. The molecule has 106 valence electrons. The van der Waals surface area contributed by atoms with Crippen LogP contribution in [0.3, 0.4) is 0 Å². The van der Waals surface area contributed by atoms with Gasteiger partial charge in [-0.2, -0.15) is 0 Å². The Balaban J connectivity index is 2.08. The minimum atomic E-state index is 0.489. The average molecular weight is 337 g/mol. The van der Waals surface area contributed by atoms with Gasteiger partial charge in [0.2, 0.25) is 0 Å². The van der Waals surface area contributed by atoms with Crippen molar-refractivity contribution in [2.24, 2.45) is 0 Å². The number of nitrogen functional groups attached to an aromatic ring is 1. The lowest BCUT2D eigenvalue weighted by Gasteiger charge is -2.18. The molecule has 0 aliphatic heterocycles. The lowest BCUT2D eigenvalue weighted by molar-refractivity contribution is 0.302. The van der Waals surface area contributed by atoms with Crippen molar-refractivity contribution in [3.8, 4) is 5.75 Å². The molecule has 0 spiro atoms. The Kier molecular flexibility index (Phi) is 4.92. The van der Waals surface area contributed by atoms with Crippen molar-refractivity contribution in [3.63, 3.8) is 0 Å². The number of rotatable bonds is 5. The molecular weight excluding hydrogens is 320 g/mol. The molecule has 0 saturated heterocycles. The molecule has 1 aromatic heterocycles. The lowest BCUT2D eigenvalue weighted by Crippen LogP contribution is -2.19. The smallest absolute Gasteiger partial charge is 0.144 e. The molecule has 0 bridgehead atoms. The first-order valence-electron chi connectivity index (χ1n) is 6.17. The third-order valence-electron chi connectivity index (χ3n) is 2.82. The first kappa shape index (κ1) is 14.7. The molecule has 0 fully saturated rings. The van der Waals surface area contributed by atoms with Crippen LogP contribution in [0.5, 0.6) is 5.75 Å². The van der Waals surface area contributed by atoms with Gasteiger partial charge in [-0.3, -0.25) is 4.90 Å². The van der Waals surface area contributed by atoms with Crippen LogP contribution in [0.1, 0.15) is 11.4 Å². The van der Waals surface area contributed by atoms with E-state index in [-0.39, 0.29) is 0 Å². The molecule has 0 saturated carbocycles. The molecule has 6 heteroatoms. The summed E-state index contributed by atoms with van der Waals surface area (Å²) in [5.41, 5.74) is 6.76. The standard InChI is InChI=1S/C14H17BrN4O/c1-19(9-14-17-6-5-13(16)18-14)8-10-7-11(15)3-4-12(10)20-2/h3-7H,8-9H2,1-2H3,(H2,16,17,18). The highest BCUT2D eigenvalue weighted by atomic mass is 79.9. The van der Waals surface area contributed by atoms with E-state index in [0.717, 1.165) is 22.3 Å². The van der Waals surface area contributed by atoms with Gasteiger partial charge in [0.1, 0.15) is 17.4 Å². The molecule has 20 heavy (non-hydrogen) atoms. The van der Waals surface area contributed by atoms with Crippen LogP contribution < -0.4 is 10.5 Å². The molecule has 0 unspecified atom stereocenters. The maximum Gasteiger partial charge on any atom is 0.144 e. The van der Waals surface area contributed by atoms with Crippen molar-refractivity contribution < 1.29 is 4.74 Å². The summed E-state index contributed by atoms with van der Waals surface area (Å²) < 4.78 is 6.40. The molecule has 0 aliphatic rings. The first-order valence-corrected chi connectivity index (χ1v) is 6.96. The number of methoxy groups -OCH3 is 1. The number of aromatic nitrogens is 2. The summed E-state index contributed by atoms with van der Waals surface area (Å²) in [7, 11) is 3.68. The van der Waals surface area contributed by atoms with E-state index >= 15 is 0 Å². The monoisotopic (exact) mass is 336 g/mol. The Hall–Kier alpha value is -1.66. The van der Waals surface area contributed by atoms with Gasteiger partial charge in [-0.1, -0.05) is 15.9 Å². The number of benzene rings is 1. The van der Waals surface area contributed by atoms with Gasteiger partial charge in [0.05, 0.1) is 13.7 Å². The summed E-state index contributed by atoms with van der Waals surface area (Å²) in [6, 6.07) is 7.64. The second-order valence-electron chi connectivity index (χ2n) is 4.53. The van der Waals surface area contributed by atoms with E-state index in [9.17, 15) is 0 Å². The first-order chi connectivity index (χ1) is 9.58. The van der Waals surface area contributed by atoms with Crippen LogP contribution in [0.2, 0.25) is 0 Å². The topological polar surface area (TPSA) is 64.3 Å². The van der Waals surface area contributed by atoms with Crippen molar-refractivity contribution in [1.82, 2.24) is 14.9 Å². The number of nitrogens with two attached hydrogens (primary N) is 1. The van der Waals surface area contributed by atoms with Gasteiger partial charge in [-0.05, 0) is 31.3 Å². The minimum absolute atomic E-state index is 0.489. The van der Waals surface area contributed by atoms with Gasteiger partial charge in [-0.25, -0.2) is 9.97 Å². The minimum Gasteiger partial charge on any atom is -0.496 e. The van der Waals surface area contributed by atoms with E-state index in [1.165, 1.54) is 0 Å². The number of ether oxygens (including phenoxy) is 1. The Bertz CT molecular complexity index is 591. The van der Waals surface area contributed by atoms with Gasteiger partial charge >= 0.3 is 0 Å². The van der Waals surface area contributed by atoms with Crippen LogP contribution in [0.4, 0.5) is 5.82 Å². The molecule has 5 nitrogen and oxygen atoms in total. The van der Waals surface area contributed by atoms with E-state index in [4.69, 9.17) is 10.5 Å². The fourth-order valence-electron chi connectivity index (χ4n) is 1.95. The second-order valence-corrected chi connectivity index (χ2v) is 5.44. The quantitative estimate of drug-likeness (QED) is 0.908. The lowest BCUT2D eigenvalue weighted by atomic mass is 10.2. The third-order valence-corrected chi connectivity index (χ3v) is 3.31. The van der Waals surface area contributed by atoms with Crippen LogP contribution in [0, 0.1) is 0 Å². The fraction of sp³-hybridized carbons (Fsp3) is 0.286. The number of anilines is 1. The zero-order valence-corrected chi connectivity index (χ0v) is 13.1. The Labute approximate surface area is 126 Å². The molecule has 2 aromatic rings. The highest BCUT2D eigenvalue weighted by Gasteiger charge is 2.09. The Morgan fingerprint density at radius 1 is 1.30 bits per heavy atom. The molecule has 0 aliphatic carbocycles. The number of halogens is 1. The van der Waals surface area contributed by atoms with E-state index in [1.807, 2.05) is 19.2 Å². The molecular formula is C14H17BrN4O. The van der Waals surface area contributed by atoms with E-state index < -0.39 is 0 Å². The van der Waals surface area contributed by atoms with Gasteiger partial charge in [0.15, 0.2) is 0 Å². The molecule has 1 heterocycles. The predicted molar refractivity (Wildman–Crippen MR) is 82.3 cm³/mol. The summed E-state index contributed by atoms with van der Waals surface area (Å²) in [6.45, 7) is 1.36. The normalized spacial score (nSPS) is 10.8. The zero-order chi connectivity index (χ0) is 14.5. The summed E-state index contributed by atoms with van der Waals surface area (Å²) in [5, 5.41) is 0. The van der Waals surface area contributed by atoms with Crippen LogP contribution >= 0.6 is 15.9 Å². The summed E-state index contributed by atoms with van der Waals surface area (Å²) in [5.74, 6) is 2.07. The number of hydrogen-bond donors (Lipinski definition) is 1. The van der Waals surface area contributed by atoms with E-state index in [1.54, 1.807) is 19.4 Å². The largest absolute Gasteiger partial charge is 0.496 e. The van der Waals surface area contributed by atoms with Crippen LogP contribution in [0.25, 0.3) is 0 Å². The fourth-order valence-corrected chi connectivity index (χ4v) is 2.36. The summed E-state index contributed by atoms with van der Waals surface area (Å²) in [4.78, 5) is 10.5. The third kappa shape index (κ3) is 3.91. The second kappa shape index (κ2) is 6.67. The molecule has 2 rings (SSSR count). The number of hydrogen-bond acceptors (Lipinski definition) is 5. The molecule has 0 amide bonds. The van der Waals surface area contributed by atoms with Gasteiger partial charge in [-0.15, -0.1) is 0 Å². The molecule has 2 N–H and O–H groups in total. The molecule has 1 aromatic carbocycles. The van der Waals surface area contributed by atoms with Gasteiger partial charge in [0.25, 0.3) is 0 Å². The van der Waals surface area contributed by atoms with Crippen LogP contribution in [-0.2, 0) is 13.1 Å². The Morgan fingerprint density at radius 2 is 2.10 bits per heavy atom. The van der Waals surface area contributed by atoms with E-state index in [2.05, 4.69) is 36.9 Å². The van der Waals surface area contributed by atoms with E-state index in [0.29, 0.717) is 18.2 Å².